The van der Waals surface area contributed by atoms with Crippen LogP contribution in [0.4, 0.5) is 0 Å². The molecule has 0 unspecified atom stereocenters. The van der Waals surface area contributed by atoms with Crippen LogP contribution in [0, 0.1) is 0 Å². The van der Waals surface area contributed by atoms with E-state index in [1.165, 1.54) is 18.4 Å². The summed E-state index contributed by atoms with van der Waals surface area (Å²) < 4.78 is 0. The Hall–Kier alpha value is -1.91. The monoisotopic (exact) mass is 177 g/mol. The van der Waals surface area contributed by atoms with Gasteiger partial charge < -0.3 is 0 Å². The molecule has 0 aromatic heterocycles. The second-order valence-corrected chi connectivity index (χ2v) is 2.23. The topological polar surface area (TPSA) is 71.2 Å². The molecule has 0 N–H and O–H groups in total. The van der Waals surface area contributed by atoms with Crippen molar-refractivity contribution in [2.24, 2.45) is 15.4 Å². The highest BCUT2D eigenvalue weighted by Crippen LogP contribution is 1.92. The van der Waals surface area contributed by atoms with E-state index in [4.69, 9.17) is 0 Å². The van der Waals surface area contributed by atoms with Gasteiger partial charge in [-0.05, 0) is 17.4 Å². The summed E-state index contributed by atoms with van der Waals surface area (Å²) in [5.74, 6) is -0.885. The van der Waals surface area contributed by atoms with Gasteiger partial charge >= 0.3 is 0 Å². The second kappa shape index (κ2) is 4.87. The maximum absolute atomic E-state index is 10.9. The van der Waals surface area contributed by atoms with Gasteiger partial charge in [0.2, 0.25) is 0 Å². The zero-order chi connectivity index (χ0) is 9.52. The first-order valence-corrected chi connectivity index (χ1v) is 3.62. The lowest BCUT2D eigenvalue weighted by molar-refractivity contribution is -0.124. The summed E-state index contributed by atoms with van der Waals surface area (Å²) in [6, 6.07) is 0. The first kappa shape index (κ1) is 9.18. The Morgan fingerprint density at radius 2 is 2.00 bits per heavy atom. The molecule has 0 saturated heterocycles. The molecule has 5 heteroatoms. The van der Waals surface area contributed by atoms with Gasteiger partial charge in [0, 0.05) is 0 Å². The van der Waals surface area contributed by atoms with Crippen LogP contribution in [0.5, 0.6) is 0 Å². The summed E-state index contributed by atoms with van der Waals surface area (Å²) in [5, 5.41) is 9.81. The van der Waals surface area contributed by atoms with Gasteiger partial charge in [0.25, 0.3) is 5.91 Å². The molecular weight excluding hydrogens is 170 g/mol. The number of nitrogens with zero attached hydrogens (tertiary/aromatic N) is 3. The minimum Gasteiger partial charge on any atom is -0.294 e. The van der Waals surface area contributed by atoms with Crippen molar-refractivity contribution >= 4 is 17.9 Å². The Kier molecular flexibility index (Phi) is 3.44. The Morgan fingerprint density at radius 3 is 2.85 bits per heavy atom. The standard InChI is InChI=1S/C8H7N3O2/c12-7-4-2-1-3-5-9-11-10-8(13)6-7/h1-5H,6H2/b3-1-,4-2-,9-5-,11-10?. The van der Waals surface area contributed by atoms with Crippen molar-refractivity contribution in [3.63, 3.8) is 0 Å². The lowest BCUT2D eigenvalue weighted by atomic mass is 10.2. The molecule has 5 nitrogen and oxygen atoms in total. The first-order chi connectivity index (χ1) is 6.29. The van der Waals surface area contributed by atoms with Crippen molar-refractivity contribution in [2.75, 3.05) is 0 Å². The lowest BCUT2D eigenvalue weighted by Gasteiger charge is -1.85. The Labute approximate surface area is 74.5 Å². The van der Waals surface area contributed by atoms with Gasteiger partial charge in [0.05, 0.1) is 12.6 Å². The molecule has 0 aromatic rings. The van der Waals surface area contributed by atoms with Crippen LogP contribution in [0.3, 0.4) is 0 Å². The number of amides is 1. The van der Waals surface area contributed by atoms with E-state index in [0.717, 1.165) is 0 Å². The van der Waals surface area contributed by atoms with E-state index >= 15 is 0 Å². The van der Waals surface area contributed by atoms with Gasteiger partial charge in [-0.1, -0.05) is 17.3 Å². The van der Waals surface area contributed by atoms with Gasteiger partial charge in [-0.15, -0.1) is 5.10 Å². The van der Waals surface area contributed by atoms with E-state index < -0.39 is 5.91 Å². The SMILES string of the molecule is O=C1\C=C/C=C\C=N/N=NC(=O)C1. The van der Waals surface area contributed by atoms with Crippen molar-refractivity contribution in [3.05, 3.63) is 24.3 Å². The average Bonchev–Trinajstić information content (AvgIpc) is 2.11. The number of hydrogen-bond acceptors (Lipinski definition) is 4. The predicted octanol–water partition coefficient (Wildman–Crippen LogP) is 1.04. The maximum Gasteiger partial charge on any atom is 0.274 e. The Morgan fingerprint density at radius 1 is 1.15 bits per heavy atom. The molecule has 13 heavy (non-hydrogen) atoms. The molecular formula is C8H7N3O2. The van der Waals surface area contributed by atoms with Gasteiger partial charge in [-0.3, -0.25) is 9.59 Å². The minimum absolute atomic E-state index is 0.261. The largest absolute Gasteiger partial charge is 0.294 e. The third kappa shape index (κ3) is 3.85. The van der Waals surface area contributed by atoms with Crippen LogP contribution in [-0.4, -0.2) is 17.9 Å². The highest BCUT2D eigenvalue weighted by atomic mass is 16.2. The number of hydrogen-bond donors (Lipinski definition) is 0. The molecule has 1 aliphatic heterocycles. The van der Waals surface area contributed by atoms with E-state index in [1.807, 2.05) is 0 Å². The van der Waals surface area contributed by atoms with Gasteiger partial charge in [-0.2, -0.15) is 0 Å². The van der Waals surface area contributed by atoms with Crippen LogP contribution in [-0.2, 0) is 9.59 Å². The number of ketones is 1. The molecule has 1 heterocycles. The summed E-state index contributed by atoms with van der Waals surface area (Å²) in [4.78, 5) is 21.8. The highest BCUT2D eigenvalue weighted by molar-refractivity contribution is 6.03. The van der Waals surface area contributed by atoms with Crippen LogP contribution >= 0.6 is 0 Å². The quantitative estimate of drug-likeness (QED) is 0.518. The summed E-state index contributed by atoms with van der Waals surface area (Å²) >= 11 is 0. The number of rotatable bonds is 0. The molecule has 0 saturated carbocycles. The molecule has 0 aromatic carbocycles. The van der Waals surface area contributed by atoms with E-state index in [9.17, 15) is 9.59 Å². The molecule has 0 spiro atoms. The van der Waals surface area contributed by atoms with Crippen molar-refractivity contribution in [1.82, 2.24) is 0 Å². The zero-order valence-corrected chi connectivity index (χ0v) is 6.75. The molecule has 0 radical (unpaired) electrons. The average molecular weight is 177 g/mol. The molecule has 0 atom stereocenters. The maximum atomic E-state index is 10.9. The second-order valence-electron chi connectivity index (χ2n) is 2.23. The van der Waals surface area contributed by atoms with Gasteiger partial charge in [0.15, 0.2) is 5.78 Å². The fourth-order valence-electron chi connectivity index (χ4n) is 0.664. The third-order valence-electron chi connectivity index (χ3n) is 1.19. The normalized spacial score (nSPS) is 24.9. The lowest BCUT2D eigenvalue weighted by Crippen LogP contribution is -2.01. The Bertz CT molecular complexity index is 294. The van der Waals surface area contributed by atoms with Crippen molar-refractivity contribution in [1.29, 1.82) is 0 Å². The molecule has 0 aliphatic carbocycles. The summed E-state index contributed by atoms with van der Waals surface area (Å²) in [7, 11) is 0. The highest BCUT2D eigenvalue weighted by Gasteiger charge is 2.04. The molecule has 1 rings (SSSR count). The fraction of sp³-hybridized carbons (Fsp3) is 0.125. The Balaban J connectivity index is 2.77. The van der Waals surface area contributed by atoms with Crippen LogP contribution in [0.1, 0.15) is 6.42 Å². The van der Waals surface area contributed by atoms with Crippen LogP contribution in [0.2, 0.25) is 0 Å². The van der Waals surface area contributed by atoms with E-state index in [1.54, 1.807) is 12.2 Å². The molecule has 0 bridgehead atoms. The summed E-state index contributed by atoms with van der Waals surface area (Å²) in [5.41, 5.74) is 0. The predicted molar refractivity (Wildman–Crippen MR) is 46.3 cm³/mol. The first-order valence-electron chi connectivity index (χ1n) is 3.62. The number of carbonyl (C=O) groups is 2. The zero-order valence-electron chi connectivity index (χ0n) is 6.75. The van der Waals surface area contributed by atoms with Crippen molar-refractivity contribution in [2.45, 2.75) is 6.42 Å². The minimum atomic E-state index is -0.589. The van der Waals surface area contributed by atoms with Gasteiger partial charge in [0.1, 0.15) is 0 Å². The van der Waals surface area contributed by atoms with Crippen LogP contribution in [0.15, 0.2) is 39.7 Å². The fourth-order valence-corrected chi connectivity index (χ4v) is 0.664. The van der Waals surface area contributed by atoms with E-state index in [2.05, 4.69) is 15.4 Å². The summed E-state index contributed by atoms with van der Waals surface area (Å²) in [6.07, 6.45) is 7.15. The summed E-state index contributed by atoms with van der Waals surface area (Å²) in [6.45, 7) is 0. The molecule has 0 fully saturated rings. The van der Waals surface area contributed by atoms with Crippen molar-refractivity contribution in [3.8, 4) is 0 Å². The molecule has 1 aliphatic rings. The van der Waals surface area contributed by atoms with Gasteiger partial charge in [-0.25, -0.2) is 0 Å². The van der Waals surface area contributed by atoms with E-state index in [-0.39, 0.29) is 12.2 Å². The number of carbonyl (C=O) groups excluding carboxylic acids is 2. The van der Waals surface area contributed by atoms with E-state index in [0.29, 0.717) is 0 Å². The smallest absolute Gasteiger partial charge is 0.274 e. The molecule has 66 valence electrons. The molecule has 1 amide bonds. The van der Waals surface area contributed by atoms with Crippen molar-refractivity contribution < 1.29 is 9.59 Å². The number of allylic oxidation sites excluding steroid dienone is 4. The third-order valence-corrected chi connectivity index (χ3v) is 1.19. The van der Waals surface area contributed by atoms with Crippen LogP contribution in [0.25, 0.3) is 0 Å². The van der Waals surface area contributed by atoms with Crippen LogP contribution < -0.4 is 0 Å².